The molecular weight excluding hydrogens is 307 g/mol. The molecule has 0 saturated heterocycles. The lowest BCUT2D eigenvalue weighted by atomic mass is 10.2. The molecule has 0 atom stereocenters. The molecule has 0 aliphatic heterocycles. The van der Waals surface area contributed by atoms with Crippen LogP contribution in [0.25, 0.3) is 0 Å². The number of halogens is 4. The maximum absolute atomic E-state index is 12.5. The summed E-state index contributed by atoms with van der Waals surface area (Å²) in [5, 5.41) is 2.44. The molecule has 0 saturated carbocycles. The van der Waals surface area contributed by atoms with Gasteiger partial charge in [0.05, 0.1) is 12.6 Å². The summed E-state index contributed by atoms with van der Waals surface area (Å²) in [6.45, 7) is 0.0388. The topological polar surface area (TPSA) is 37.9 Å². The minimum absolute atomic E-state index is 0. The summed E-state index contributed by atoms with van der Waals surface area (Å²) in [6.07, 6.45) is 0.740. The highest BCUT2D eigenvalue weighted by Crippen LogP contribution is 2.30. The van der Waals surface area contributed by atoms with Crippen LogP contribution in [0.1, 0.15) is 5.56 Å². The Morgan fingerprint density at radius 3 is 2.67 bits per heavy atom. The molecule has 0 aliphatic carbocycles. The highest BCUT2D eigenvalue weighted by atomic mass is 35.5. The Morgan fingerprint density at radius 1 is 1.38 bits per heavy atom. The van der Waals surface area contributed by atoms with Gasteiger partial charge in [0.1, 0.15) is 12.4 Å². The SMILES string of the molecule is C[n+]1ccn(CC(=O)Nc2cccc(C(F)(F)F)c2)c1.Cl. The largest absolute Gasteiger partial charge is 0.416 e. The Bertz CT molecular complexity index is 625. The van der Waals surface area contributed by atoms with Gasteiger partial charge in [0.2, 0.25) is 6.33 Å². The predicted octanol–water partition coefficient (Wildman–Crippen LogP) is 2.39. The van der Waals surface area contributed by atoms with Crippen molar-refractivity contribution in [3.63, 3.8) is 0 Å². The Hall–Kier alpha value is -2.02. The Morgan fingerprint density at radius 2 is 2.10 bits per heavy atom. The van der Waals surface area contributed by atoms with Gasteiger partial charge in [-0.15, -0.1) is 12.4 Å². The van der Waals surface area contributed by atoms with E-state index in [1.807, 2.05) is 0 Å². The van der Waals surface area contributed by atoms with E-state index in [1.54, 1.807) is 34.9 Å². The van der Waals surface area contributed by atoms with Gasteiger partial charge in [-0.05, 0) is 18.2 Å². The lowest BCUT2D eigenvalue weighted by Gasteiger charge is -2.09. The summed E-state index contributed by atoms with van der Waals surface area (Å²) in [5.41, 5.74) is -0.663. The van der Waals surface area contributed by atoms with E-state index in [-0.39, 0.29) is 30.5 Å². The monoisotopic (exact) mass is 320 g/mol. The van der Waals surface area contributed by atoms with Crippen molar-refractivity contribution < 1.29 is 22.5 Å². The summed E-state index contributed by atoms with van der Waals surface area (Å²) in [7, 11) is 1.81. The van der Waals surface area contributed by atoms with Gasteiger partial charge >= 0.3 is 6.18 Å². The van der Waals surface area contributed by atoms with Crippen molar-refractivity contribution in [2.75, 3.05) is 5.32 Å². The zero-order valence-corrected chi connectivity index (χ0v) is 11.9. The lowest BCUT2D eigenvalue weighted by molar-refractivity contribution is -0.671. The third-order valence-corrected chi connectivity index (χ3v) is 2.62. The van der Waals surface area contributed by atoms with E-state index < -0.39 is 11.7 Å². The van der Waals surface area contributed by atoms with Gasteiger partial charge < -0.3 is 5.32 Å². The van der Waals surface area contributed by atoms with Crippen LogP contribution in [0.4, 0.5) is 18.9 Å². The average molecular weight is 321 g/mol. The number of hydrogen-bond donors (Lipinski definition) is 1. The van der Waals surface area contributed by atoms with Crippen molar-refractivity contribution in [1.29, 1.82) is 0 Å². The van der Waals surface area contributed by atoms with Crippen LogP contribution in [0.2, 0.25) is 0 Å². The van der Waals surface area contributed by atoms with Crippen LogP contribution >= 0.6 is 12.4 Å². The van der Waals surface area contributed by atoms with Gasteiger partial charge in [-0.2, -0.15) is 13.2 Å². The molecule has 0 spiro atoms. The van der Waals surface area contributed by atoms with Crippen molar-refractivity contribution >= 4 is 24.0 Å². The molecule has 0 bridgehead atoms. The van der Waals surface area contributed by atoms with Crippen molar-refractivity contribution in [3.8, 4) is 0 Å². The number of hydrogen-bond acceptors (Lipinski definition) is 1. The highest BCUT2D eigenvalue weighted by Gasteiger charge is 2.30. The maximum Gasteiger partial charge on any atom is 0.416 e. The number of benzene rings is 1. The first-order chi connectivity index (χ1) is 9.34. The number of anilines is 1. The second-order valence-corrected chi connectivity index (χ2v) is 4.38. The van der Waals surface area contributed by atoms with Crippen molar-refractivity contribution in [1.82, 2.24) is 4.57 Å². The Labute approximate surface area is 125 Å². The van der Waals surface area contributed by atoms with Crippen molar-refractivity contribution in [3.05, 3.63) is 48.5 Å². The van der Waals surface area contributed by atoms with Crippen LogP contribution in [-0.2, 0) is 24.6 Å². The molecule has 1 aromatic carbocycles. The molecule has 1 aromatic heterocycles. The van der Waals surface area contributed by atoms with E-state index in [0.29, 0.717) is 0 Å². The van der Waals surface area contributed by atoms with Gasteiger partial charge in [0.25, 0.3) is 5.91 Å². The minimum Gasteiger partial charge on any atom is -0.323 e. The number of carbonyl (C=O) groups is 1. The number of imidazole rings is 1. The van der Waals surface area contributed by atoms with Gasteiger partial charge in [0, 0.05) is 5.69 Å². The Balaban J connectivity index is 0.00000220. The number of nitrogens with zero attached hydrogens (tertiary/aromatic N) is 2. The van der Waals surface area contributed by atoms with Crippen LogP contribution in [-0.4, -0.2) is 10.5 Å². The van der Waals surface area contributed by atoms with Crippen molar-refractivity contribution in [2.24, 2.45) is 7.05 Å². The summed E-state index contributed by atoms with van der Waals surface area (Å²) in [5.74, 6) is -0.388. The smallest absolute Gasteiger partial charge is 0.323 e. The number of carbonyl (C=O) groups excluding carboxylic acids is 1. The molecule has 0 unspecified atom stereocenters. The number of amides is 1. The number of rotatable bonds is 3. The molecule has 8 heteroatoms. The van der Waals surface area contributed by atoms with Gasteiger partial charge in [-0.3, -0.25) is 4.79 Å². The minimum atomic E-state index is -4.42. The standard InChI is InChI=1S/C13H12F3N3O.ClH/c1-18-5-6-19(9-18)8-12(20)17-11-4-2-3-10(7-11)13(14,15)16;/h2-7,9H,8H2,1H3;1H/p+1. The maximum atomic E-state index is 12.5. The van der Waals surface area contributed by atoms with Crippen LogP contribution in [0.3, 0.4) is 0 Å². The molecule has 1 N–H and O–H groups in total. The quantitative estimate of drug-likeness (QED) is 0.866. The summed E-state index contributed by atoms with van der Waals surface area (Å²) < 4.78 is 41.0. The molecule has 0 fully saturated rings. The number of alkyl halides is 3. The first-order valence-corrected chi connectivity index (χ1v) is 5.83. The van der Waals surface area contributed by atoms with E-state index in [2.05, 4.69) is 5.32 Å². The molecule has 2 rings (SSSR count). The molecule has 0 aliphatic rings. The first kappa shape index (κ1) is 17.0. The molecule has 0 radical (unpaired) electrons. The summed E-state index contributed by atoms with van der Waals surface area (Å²) in [4.78, 5) is 11.7. The van der Waals surface area contributed by atoms with Crippen molar-refractivity contribution in [2.45, 2.75) is 12.7 Å². The molecule has 2 aromatic rings. The number of aromatic nitrogens is 2. The zero-order chi connectivity index (χ0) is 14.8. The number of nitrogens with one attached hydrogen (secondary N) is 1. The van der Waals surface area contributed by atoms with Gasteiger partial charge in [-0.25, -0.2) is 9.13 Å². The molecule has 21 heavy (non-hydrogen) atoms. The number of aryl methyl sites for hydroxylation is 1. The Kier molecular flexibility index (Phi) is 5.37. The fraction of sp³-hybridized carbons (Fsp3) is 0.231. The third kappa shape index (κ3) is 4.78. The molecule has 1 amide bonds. The van der Waals surface area contributed by atoms with Crippen LogP contribution in [0.15, 0.2) is 43.0 Å². The van der Waals surface area contributed by atoms with E-state index in [9.17, 15) is 18.0 Å². The molecule has 1 heterocycles. The summed E-state index contributed by atoms with van der Waals surface area (Å²) >= 11 is 0. The van der Waals surface area contributed by atoms with Gasteiger partial charge in [-0.1, -0.05) is 6.07 Å². The zero-order valence-electron chi connectivity index (χ0n) is 11.1. The fourth-order valence-electron chi connectivity index (χ4n) is 1.73. The average Bonchev–Trinajstić information content (AvgIpc) is 2.73. The van der Waals surface area contributed by atoms with E-state index >= 15 is 0 Å². The highest BCUT2D eigenvalue weighted by molar-refractivity contribution is 5.90. The second kappa shape index (κ2) is 6.62. The van der Waals surface area contributed by atoms with Crippen LogP contribution < -0.4 is 9.88 Å². The second-order valence-electron chi connectivity index (χ2n) is 4.38. The molecule has 4 nitrogen and oxygen atoms in total. The van der Waals surface area contributed by atoms with E-state index in [4.69, 9.17) is 0 Å². The van der Waals surface area contributed by atoms with Gasteiger partial charge in [0.15, 0.2) is 6.54 Å². The van der Waals surface area contributed by atoms with E-state index in [0.717, 1.165) is 12.1 Å². The van der Waals surface area contributed by atoms with Crippen LogP contribution in [0, 0.1) is 0 Å². The summed E-state index contributed by atoms with van der Waals surface area (Å²) in [6, 6.07) is 4.55. The molecule has 114 valence electrons. The van der Waals surface area contributed by atoms with Crippen LogP contribution in [0.5, 0.6) is 0 Å². The fourth-order valence-corrected chi connectivity index (χ4v) is 1.73. The lowest BCUT2D eigenvalue weighted by Crippen LogP contribution is -2.25. The normalized spacial score (nSPS) is 10.9. The third-order valence-electron chi connectivity index (χ3n) is 2.62. The molecular formula is C13H14ClF3N3O+. The predicted molar refractivity (Wildman–Crippen MR) is 72.9 cm³/mol. The van der Waals surface area contributed by atoms with E-state index in [1.165, 1.54) is 12.1 Å². The first-order valence-electron chi connectivity index (χ1n) is 5.83.